The van der Waals surface area contributed by atoms with Crippen LogP contribution in [0.15, 0.2) is 101 Å². The Labute approximate surface area is 162 Å². The summed E-state index contributed by atoms with van der Waals surface area (Å²) in [5.41, 5.74) is 6.62. The van der Waals surface area contributed by atoms with Crippen molar-refractivity contribution in [1.29, 1.82) is 0 Å². The summed E-state index contributed by atoms with van der Waals surface area (Å²) in [5.74, 6) is 0.916. The second-order valence-electron chi connectivity index (χ2n) is 7.10. The summed E-state index contributed by atoms with van der Waals surface area (Å²) in [7, 11) is 0. The van der Waals surface area contributed by atoms with Gasteiger partial charge in [-0.2, -0.15) is 0 Å². The maximum Gasteiger partial charge on any atom is 0.143 e. The van der Waals surface area contributed by atoms with Crippen molar-refractivity contribution in [3.8, 4) is 22.5 Å². The zero-order chi connectivity index (χ0) is 18.5. The van der Waals surface area contributed by atoms with Crippen molar-refractivity contribution in [2.75, 3.05) is 0 Å². The first-order valence-electron chi connectivity index (χ1n) is 9.46. The van der Waals surface area contributed by atoms with Crippen LogP contribution in [-0.2, 0) is 0 Å². The van der Waals surface area contributed by atoms with Gasteiger partial charge in [-0.1, -0.05) is 66.7 Å². The number of aromatic nitrogens is 1. The molecule has 0 aliphatic carbocycles. The molecule has 0 aliphatic heterocycles. The SMILES string of the molecule is c1ccc(-c2c(-c3ccc4[nH]c5ccccc5c4c3)oc3ccccc23)cc1. The van der Waals surface area contributed by atoms with Gasteiger partial charge in [0.1, 0.15) is 11.3 Å². The highest BCUT2D eigenvalue weighted by atomic mass is 16.3. The number of hydrogen-bond donors (Lipinski definition) is 1. The zero-order valence-electron chi connectivity index (χ0n) is 15.1. The smallest absolute Gasteiger partial charge is 0.143 e. The maximum atomic E-state index is 6.37. The molecule has 0 aliphatic rings. The molecule has 0 saturated carbocycles. The third-order valence-corrected chi connectivity index (χ3v) is 5.43. The number of benzene rings is 4. The van der Waals surface area contributed by atoms with Gasteiger partial charge in [0.25, 0.3) is 0 Å². The molecule has 4 aromatic carbocycles. The number of fused-ring (bicyclic) bond motifs is 4. The summed E-state index contributed by atoms with van der Waals surface area (Å²) >= 11 is 0. The molecule has 1 N–H and O–H groups in total. The lowest BCUT2D eigenvalue weighted by molar-refractivity contribution is 0.632. The van der Waals surface area contributed by atoms with Gasteiger partial charge in [-0.15, -0.1) is 0 Å². The zero-order valence-corrected chi connectivity index (χ0v) is 15.1. The van der Waals surface area contributed by atoms with Crippen molar-refractivity contribution < 1.29 is 4.42 Å². The quantitative estimate of drug-likeness (QED) is 0.343. The summed E-state index contributed by atoms with van der Waals surface area (Å²) in [4.78, 5) is 3.50. The molecule has 0 bridgehead atoms. The number of aromatic amines is 1. The lowest BCUT2D eigenvalue weighted by Gasteiger charge is -2.04. The van der Waals surface area contributed by atoms with Crippen LogP contribution < -0.4 is 0 Å². The first-order chi connectivity index (χ1) is 13.9. The van der Waals surface area contributed by atoms with Gasteiger partial charge in [-0.3, -0.25) is 0 Å². The van der Waals surface area contributed by atoms with Crippen molar-refractivity contribution in [3.05, 3.63) is 97.1 Å². The number of hydrogen-bond acceptors (Lipinski definition) is 1. The van der Waals surface area contributed by atoms with Crippen molar-refractivity contribution in [3.63, 3.8) is 0 Å². The average Bonchev–Trinajstić information content (AvgIpc) is 3.32. The van der Waals surface area contributed by atoms with Gasteiger partial charge >= 0.3 is 0 Å². The van der Waals surface area contributed by atoms with Gasteiger partial charge in [-0.25, -0.2) is 0 Å². The predicted molar refractivity (Wildman–Crippen MR) is 116 cm³/mol. The Hall–Kier alpha value is -3.78. The van der Waals surface area contributed by atoms with Gasteiger partial charge in [0.15, 0.2) is 0 Å². The highest BCUT2D eigenvalue weighted by molar-refractivity contribution is 6.09. The third kappa shape index (κ3) is 2.21. The first-order valence-corrected chi connectivity index (χ1v) is 9.46. The Bertz CT molecular complexity index is 1450. The normalized spacial score (nSPS) is 11.6. The largest absolute Gasteiger partial charge is 0.455 e. The molecular weight excluding hydrogens is 342 g/mol. The fraction of sp³-hybridized carbons (Fsp3) is 0. The topological polar surface area (TPSA) is 28.9 Å². The van der Waals surface area contributed by atoms with E-state index in [0.717, 1.165) is 38.9 Å². The Morgan fingerprint density at radius 1 is 0.536 bits per heavy atom. The van der Waals surface area contributed by atoms with E-state index in [-0.39, 0.29) is 0 Å². The monoisotopic (exact) mass is 359 g/mol. The highest BCUT2D eigenvalue weighted by Gasteiger charge is 2.18. The standard InChI is InChI=1S/C26H17NO/c1-2-8-17(9-3-1)25-20-11-5-7-13-24(20)28-26(25)18-14-15-23-21(16-18)19-10-4-6-12-22(19)27-23/h1-16,27H. The van der Waals surface area contributed by atoms with Crippen LogP contribution in [0, 0.1) is 0 Å². The van der Waals surface area contributed by atoms with Crippen LogP contribution in [0.3, 0.4) is 0 Å². The molecule has 0 saturated heterocycles. The molecule has 6 aromatic rings. The van der Waals surface area contributed by atoms with Crippen LogP contribution in [0.1, 0.15) is 0 Å². The predicted octanol–water partition coefficient (Wildman–Crippen LogP) is 7.40. The van der Waals surface area contributed by atoms with Crippen LogP contribution in [0.4, 0.5) is 0 Å². The van der Waals surface area contributed by atoms with E-state index in [0.29, 0.717) is 0 Å². The molecule has 2 nitrogen and oxygen atoms in total. The number of nitrogens with one attached hydrogen (secondary N) is 1. The van der Waals surface area contributed by atoms with Crippen molar-refractivity contribution in [2.45, 2.75) is 0 Å². The van der Waals surface area contributed by atoms with E-state index < -0.39 is 0 Å². The van der Waals surface area contributed by atoms with Crippen molar-refractivity contribution in [1.82, 2.24) is 4.98 Å². The lowest BCUT2D eigenvalue weighted by atomic mass is 9.98. The summed E-state index contributed by atoms with van der Waals surface area (Å²) in [6, 6.07) is 33.7. The fourth-order valence-corrected chi connectivity index (χ4v) is 4.13. The van der Waals surface area contributed by atoms with Crippen LogP contribution in [0.2, 0.25) is 0 Å². The second-order valence-corrected chi connectivity index (χ2v) is 7.10. The van der Waals surface area contributed by atoms with Gasteiger partial charge in [-0.05, 0) is 35.9 Å². The molecule has 0 unspecified atom stereocenters. The minimum Gasteiger partial charge on any atom is -0.455 e. The van der Waals surface area contributed by atoms with Crippen molar-refractivity contribution in [2.24, 2.45) is 0 Å². The molecule has 0 amide bonds. The summed E-state index contributed by atoms with van der Waals surface area (Å²) in [6.07, 6.45) is 0. The highest BCUT2D eigenvalue weighted by Crippen LogP contribution is 2.41. The number of rotatable bonds is 2. The first kappa shape index (κ1) is 15.3. The lowest BCUT2D eigenvalue weighted by Crippen LogP contribution is -1.81. The minimum atomic E-state index is 0.912. The third-order valence-electron chi connectivity index (χ3n) is 5.43. The van der Waals surface area contributed by atoms with E-state index in [1.165, 1.54) is 16.3 Å². The summed E-state index contributed by atoms with van der Waals surface area (Å²) < 4.78 is 6.37. The molecule has 0 spiro atoms. The number of H-pyrrole nitrogens is 1. The van der Waals surface area contributed by atoms with Crippen LogP contribution in [-0.4, -0.2) is 4.98 Å². The van der Waals surface area contributed by atoms with E-state index in [2.05, 4.69) is 83.8 Å². The summed E-state index contributed by atoms with van der Waals surface area (Å²) in [5, 5.41) is 3.59. The molecule has 132 valence electrons. The van der Waals surface area contributed by atoms with Gasteiger partial charge in [0, 0.05) is 38.3 Å². The van der Waals surface area contributed by atoms with Crippen LogP contribution >= 0.6 is 0 Å². The molecule has 6 rings (SSSR count). The molecular formula is C26H17NO. The van der Waals surface area contributed by atoms with Crippen LogP contribution in [0.5, 0.6) is 0 Å². The van der Waals surface area contributed by atoms with Gasteiger partial charge in [0.05, 0.1) is 0 Å². The van der Waals surface area contributed by atoms with Crippen LogP contribution in [0.25, 0.3) is 55.2 Å². The second kappa shape index (κ2) is 5.86. The number of para-hydroxylation sites is 2. The Morgan fingerprint density at radius 2 is 1.25 bits per heavy atom. The van der Waals surface area contributed by atoms with E-state index in [1.807, 2.05) is 18.2 Å². The van der Waals surface area contributed by atoms with E-state index in [1.54, 1.807) is 0 Å². The van der Waals surface area contributed by atoms with Crippen molar-refractivity contribution >= 4 is 32.8 Å². The van der Waals surface area contributed by atoms with E-state index in [9.17, 15) is 0 Å². The van der Waals surface area contributed by atoms with E-state index in [4.69, 9.17) is 4.42 Å². The molecule has 0 fully saturated rings. The van der Waals surface area contributed by atoms with Gasteiger partial charge < -0.3 is 9.40 Å². The number of furan rings is 1. The summed E-state index contributed by atoms with van der Waals surface area (Å²) in [6.45, 7) is 0. The minimum absolute atomic E-state index is 0.912. The average molecular weight is 359 g/mol. The molecule has 28 heavy (non-hydrogen) atoms. The fourth-order valence-electron chi connectivity index (χ4n) is 4.13. The van der Waals surface area contributed by atoms with Gasteiger partial charge in [0.2, 0.25) is 0 Å². The molecule has 2 heterocycles. The molecule has 2 aromatic heterocycles. The molecule has 0 radical (unpaired) electrons. The molecule has 0 atom stereocenters. The maximum absolute atomic E-state index is 6.37. The Morgan fingerprint density at radius 3 is 2.14 bits per heavy atom. The van der Waals surface area contributed by atoms with E-state index >= 15 is 0 Å². The molecule has 2 heteroatoms. The Balaban J connectivity index is 1.67. The Kier molecular flexibility index (Phi) is 3.20.